The molecule has 6 aromatic carbocycles. The summed E-state index contributed by atoms with van der Waals surface area (Å²) in [6, 6.07) is 45.2. The van der Waals surface area contributed by atoms with Crippen molar-refractivity contribution in [2.24, 2.45) is 0 Å². The first-order chi connectivity index (χ1) is 21.2. The van der Waals surface area contributed by atoms with E-state index in [1.54, 1.807) is 6.07 Å². The van der Waals surface area contributed by atoms with E-state index in [1.165, 1.54) is 21.5 Å². The van der Waals surface area contributed by atoms with Crippen LogP contribution in [0.5, 0.6) is 5.75 Å². The third-order valence-electron chi connectivity index (χ3n) is 8.45. The maximum Gasteiger partial charge on any atom is 0.124 e. The van der Waals surface area contributed by atoms with Crippen LogP contribution in [0, 0.1) is 0 Å². The third-order valence-corrected chi connectivity index (χ3v) is 8.45. The minimum Gasteiger partial charge on any atom is -0.507 e. The van der Waals surface area contributed by atoms with E-state index in [4.69, 9.17) is 10.1 Å². The molecule has 3 heterocycles. The van der Waals surface area contributed by atoms with E-state index in [0.29, 0.717) is 11.3 Å². The molecule has 0 bridgehead atoms. The number of aromatic hydroxyl groups is 1. The highest BCUT2D eigenvalue weighted by atomic mass is 16.3. The second kappa shape index (κ2) is 9.03. The molecular weight excluding hydrogens is 528 g/mol. The molecule has 2 N–H and O–H groups in total. The summed E-state index contributed by atoms with van der Waals surface area (Å²) in [7, 11) is 0. The Hall–Kier alpha value is -5.94. The van der Waals surface area contributed by atoms with Gasteiger partial charge in [0.2, 0.25) is 0 Å². The van der Waals surface area contributed by atoms with Crippen LogP contribution in [0.2, 0.25) is 0 Å². The van der Waals surface area contributed by atoms with Gasteiger partial charge in [-0.2, -0.15) is 5.10 Å². The summed E-state index contributed by atoms with van der Waals surface area (Å²) in [5.41, 5.74) is 8.25. The van der Waals surface area contributed by atoms with E-state index in [-0.39, 0.29) is 5.75 Å². The molecule has 43 heavy (non-hydrogen) atoms. The van der Waals surface area contributed by atoms with Crippen molar-refractivity contribution in [2.75, 3.05) is 0 Å². The first-order valence-corrected chi connectivity index (χ1v) is 14.3. The lowest BCUT2D eigenvalue weighted by Crippen LogP contribution is -1.99. The number of pyridine rings is 1. The largest absolute Gasteiger partial charge is 0.507 e. The Kier molecular flexibility index (Phi) is 4.98. The van der Waals surface area contributed by atoms with Crippen molar-refractivity contribution in [2.45, 2.75) is 0 Å². The van der Waals surface area contributed by atoms with Crippen molar-refractivity contribution >= 4 is 54.4 Å². The first-order valence-electron chi connectivity index (χ1n) is 14.3. The molecule has 0 fully saturated rings. The van der Waals surface area contributed by atoms with Crippen LogP contribution in [-0.2, 0) is 0 Å². The van der Waals surface area contributed by atoms with Crippen LogP contribution >= 0.6 is 0 Å². The number of H-pyrrole nitrogens is 1. The molecule has 0 saturated carbocycles. The number of phenolic OH excluding ortho intramolecular Hbond substituents is 1. The predicted octanol–water partition coefficient (Wildman–Crippen LogP) is 9.40. The molecular formula is C38H24N4O. The number of phenols is 1. The maximum absolute atomic E-state index is 10.5. The summed E-state index contributed by atoms with van der Waals surface area (Å²) < 4.78 is 2.00. The summed E-state index contributed by atoms with van der Waals surface area (Å²) in [6.45, 7) is 0. The van der Waals surface area contributed by atoms with Crippen LogP contribution < -0.4 is 0 Å². The fourth-order valence-electron chi connectivity index (χ4n) is 6.40. The molecule has 9 aromatic rings. The molecule has 5 heteroatoms. The number of benzene rings is 6. The standard InChI is InChI=1S/C38H24N4O/c43-35-18-6-4-12-27(35)31-20-19-23-11-7-17-34(36(23)39-31)42-33-16-5-3-13-28(33)38(41-42)29-15-8-14-26-30-21-24-9-1-2-10-25(24)22-32(30)40-37(26)29/h1-22,40,43H. The molecule has 0 saturated heterocycles. The summed E-state index contributed by atoms with van der Waals surface area (Å²) in [5.74, 6) is 0.206. The zero-order chi connectivity index (χ0) is 28.5. The fraction of sp³-hybridized carbons (Fsp3) is 0. The number of fused-ring (bicyclic) bond motifs is 6. The van der Waals surface area contributed by atoms with E-state index in [9.17, 15) is 5.11 Å². The molecule has 0 aliphatic carbocycles. The lowest BCUT2D eigenvalue weighted by molar-refractivity contribution is 0.477. The fourth-order valence-corrected chi connectivity index (χ4v) is 6.40. The number of hydrogen-bond donors (Lipinski definition) is 2. The van der Waals surface area contributed by atoms with Gasteiger partial charge in [-0.25, -0.2) is 9.67 Å². The van der Waals surface area contributed by atoms with Gasteiger partial charge < -0.3 is 10.1 Å². The van der Waals surface area contributed by atoms with Crippen LogP contribution in [0.3, 0.4) is 0 Å². The van der Waals surface area contributed by atoms with Crippen molar-refractivity contribution in [3.05, 3.63) is 133 Å². The van der Waals surface area contributed by atoms with Crippen molar-refractivity contribution in [3.8, 4) is 34.0 Å². The highest BCUT2D eigenvalue weighted by Crippen LogP contribution is 2.38. The molecule has 5 nitrogen and oxygen atoms in total. The van der Waals surface area contributed by atoms with Gasteiger partial charge in [0.05, 0.1) is 27.9 Å². The van der Waals surface area contributed by atoms with Gasteiger partial charge in [-0.3, -0.25) is 0 Å². The van der Waals surface area contributed by atoms with Crippen LogP contribution in [0.15, 0.2) is 133 Å². The second-order valence-electron chi connectivity index (χ2n) is 10.9. The Balaban J connectivity index is 1.29. The molecule has 0 aliphatic rings. The van der Waals surface area contributed by atoms with Crippen LogP contribution in [0.1, 0.15) is 0 Å². The van der Waals surface area contributed by atoms with Gasteiger partial charge in [-0.15, -0.1) is 0 Å². The minimum absolute atomic E-state index is 0.206. The van der Waals surface area contributed by atoms with Gasteiger partial charge in [-0.1, -0.05) is 91.0 Å². The molecule has 0 atom stereocenters. The van der Waals surface area contributed by atoms with Gasteiger partial charge in [0.15, 0.2) is 0 Å². The van der Waals surface area contributed by atoms with Crippen molar-refractivity contribution in [1.29, 1.82) is 0 Å². The Bertz CT molecular complexity index is 2540. The van der Waals surface area contributed by atoms with Gasteiger partial charge in [0, 0.05) is 38.2 Å². The van der Waals surface area contributed by atoms with Gasteiger partial charge in [-0.05, 0) is 53.2 Å². The average molecular weight is 553 g/mol. The zero-order valence-electron chi connectivity index (χ0n) is 23.0. The highest BCUT2D eigenvalue weighted by Gasteiger charge is 2.19. The number of hydrogen-bond acceptors (Lipinski definition) is 3. The average Bonchev–Trinajstić information content (AvgIpc) is 3.62. The first kappa shape index (κ1) is 23.7. The number of nitrogens with one attached hydrogen (secondary N) is 1. The maximum atomic E-state index is 10.5. The van der Waals surface area contributed by atoms with E-state index in [2.05, 4.69) is 96.0 Å². The van der Waals surface area contributed by atoms with E-state index >= 15 is 0 Å². The van der Waals surface area contributed by atoms with Crippen molar-refractivity contribution in [1.82, 2.24) is 19.7 Å². The quantitative estimate of drug-likeness (QED) is 0.229. The van der Waals surface area contributed by atoms with Gasteiger partial charge >= 0.3 is 0 Å². The lowest BCUT2D eigenvalue weighted by Gasteiger charge is -2.10. The smallest absolute Gasteiger partial charge is 0.124 e. The summed E-state index contributed by atoms with van der Waals surface area (Å²) in [4.78, 5) is 8.78. The van der Waals surface area contributed by atoms with E-state index in [1.807, 2.05) is 41.1 Å². The van der Waals surface area contributed by atoms with Gasteiger partial charge in [0.1, 0.15) is 11.4 Å². The Morgan fingerprint density at radius 1 is 0.581 bits per heavy atom. The highest BCUT2D eigenvalue weighted by molar-refractivity contribution is 6.16. The molecule has 202 valence electrons. The Morgan fingerprint density at radius 3 is 2.21 bits per heavy atom. The molecule has 0 aliphatic heterocycles. The van der Waals surface area contributed by atoms with Crippen molar-refractivity contribution in [3.63, 3.8) is 0 Å². The van der Waals surface area contributed by atoms with E-state index in [0.717, 1.165) is 49.8 Å². The van der Waals surface area contributed by atoms with Gasteiger partial charge in [0.25, 0.3) is 0 Å². The number of nitrogens with zero attached hydrogens (tertiary/aromatic N) is 3. The second-order valence-corrected chi connectivity index (χ2v) is 10.9. The molecule has 3 aromatic heterocycles. The Labute approximate surface area is 246 Å². The van der Waals surface area contributed by atoms with Crippen LogP contribution in [0.4, 0.5) is 0 Å². The Morgan fingerprint density at radius 2 is 1.30 bits per heavy atom. The summed E-state index contributed by atoms with van der Waals surface area (Å²) >= 11 is 0. The zero-order valence-corrected chi connectivity index (χ0v) is 23.0. The SMILES string of the molecule is Oc1ccccc1-c1ccc2cccc(-n3nc(-c4cccc5c4[nH]c4cc6ccccc6cc45)c4ccccc43)c2n1. The molecule has 0 amide bonds. The number of rotatable bonds is 3. The molecule has 0 unspecified atom stereocenters. The van der Waals surface area contributed by atoms with E-state index < -0.39 is 0 Å². The molecule has 0 spiro atoms. The summed E-state index contributed by atoms with van der Waals surface area (Å²) in [6.07, 6.45) is 0. The van der Waals surface area contributed by atoms with Crippen LogP contribution in [-0.4, -0.2) is 24.9 Å². The minimum atomic E-state index is 0.206. The predicted molar refractivity (Wildman–Crippen MR) is 176 cm³/mol. The van der Waals surface area contributed by atoms with Crippen molar-refractivity contribution < 1.29 is 5.11 Å². The molecule has 9 rings (SSSR count). The number of para-hydroxylation sites is 4. The number of aromatic amines is 1. The summed E-state index contributed by atoms with van der Waals surface area (Å²) in [5, 5.41) is 22.7. The normalized spacial score (nSPS) is 11.8. The monoisotopic (exact) mass is 552 g/mol. The third kappa shape index (κ3) is 3.58. The van der Waals surface area contributed by atoms with Crippen LogP contribution in [0.25, 0.3) is 82.6 Å². The number of aromatic nitrogens is 4. The lowest BCUT2D eigenvalue weighted by atomic mass is 10.0. The topological polar surface area (TPSA) is 66.7 Å². The molecule has 0 radical (unpaired) electrons.